The van der Waals surface area contributed by atoms with Crippen molar-refractivity contribution in [3.8, 4) is 11.3 Å². The van der Waals surface area contributed by atoms with Crippen molar-refractivity contribution >= 4 is 49.8 Å². The molecular formula is C18H13Cl2F2N5O2S. The molecule has 0 aliphatic heterocycles. The number of sulfonamides is 1. The number of nitrogens with one attached hydrogen (secondary N) is 2. The van der Waals surface area contributed by atoms with E-state index in [4.69, 9.17) is 23.2 Å². The van der Waals surface area contributed by atoms with Gasteiger partial charge in [0.2, 0.25) is 0 Å². The van der Waals surface area contributed by atoms with E-state index in [1.165, 1.54) is 6.20 Å². The number of aromatic nitrogens is 4. The Balaban J connectivity index is 1.80. The van der Waals surface area contributed by atoms with Gasteiger partial charge < -0.3 is 4.98 Å². The lowest BCUT2D eigenvalue weighted by Crippen LogP contribution is -2.12. The van der Waals surface area contributed by atoms with Crippen LogP contribution in [0, 0.1) is 6.92 Å². The van der Waals surface area contributed by atoms with E-state index in [9.17, 15) is 17.2 Å². The van der Waals surface area contributed by atoms with E-state index in [0.29, 0.717) is 27.2 Å². The van der Waals surface area contributed by atoms with Crippen LogP contribution in [0.4, 0.5) is 14.5 Å². The van der Waals surface area contributed by atoms with Gasteiger partial charge in [-0.15, -0.1) is 0 Å². The Bertz CT molecular complexity index is 1350. The average molecular weight is 472 g/mol. The maximum absolute atomic E-state index is 12.9. The normalized spacial score (nSPS) is 12.1. The molecule has 3 heterocycles. The molecule has 0 spiro atoms. The van der Waals surface area contributed by atoms with Crippen LogP contribution in [0.5, 0.6) is 0 Å². The Morgan fingerprint density at radius 1 is 1.17 bits per heavy atom. The number of aryl methyl sites for hydroxylation is 1. The third-order valence-corrected chi connectivity index (χ3v) is 6.49. The number of alkyl halides is 2. The molecule has 2 N–H and O–H groups in total. The molecule has 30 heavy (non-hydrogen) atoms. The topological polar surface area (TPSA) is 92.7 Å². The minimum absolute atomic E-state index is 0.108. The molecule has 0 unspecified atom stereocenters. The molecule has 12 heteroatoms. The van der Waals surface area contributed by atoms with Crippen LogP contribution in [0.1, 0.15) is 12.1 Å². The van der Waals surface area contributed by atoms with Gasteiger partial charge in [0.1, 0.15) is 10.6 Å². The molecule has 0 aliphatic rings. The van der Waals surface area contributed by atoms with Crippen LogP contribution in [0.15, 0.2) is 47.8 Å². The van der Waals surface area contributed by atoms with Gasteiger partial charge >= 0.3 is 6.55 Å². The molecule has 0 bridgehead atoms. The van der Waals surface area contributed by atoms with Gasteiger partial charge in [-0.1, -0.05) is 29.3 Å². The first kappa shape index (κ1) is 20.6. The molecular weight excluding hydrogens is 459 g/mol. The highest BCUT2D eigenvalue weighted by atomic mass is 35.5. The zero-order valence-electron chi connectivity index (χ0n) is 15.2. The first-order valence-corrected chi connectivity index (χ1v) is 10.7. The lowest BCUT2D eigenvalue weighted by molar-refractivity contribution is 0.0570. The largest absolute Gasteiger partial charge is 0.359 e. The van der Waals surface area contributed by atoms with Crippen molar-refractivity contribution in [1.82, 2.24) is 19.7 Å². The number of hydrogen-bond donors (Lipinski definition) is 2. The Morgan fingerprint density at radius 3 is 2.57 bits per heavy atom. The van der Waals surface area contributed by atoms with E-state index in [2.05, 4.69) is 19.8 Å². The summed E-state index contributed by atoms with van der Waals surface area (Å²) in [5, 5.41) is 3.60. The minimum atomic E-state index is -4.18. The lowest BCUT2D eigenvalue weighted by Gasteiger charge is -2.08. The van der Waals surface area contributed by atoms with Gasteiger partial charge in [0, 0.05) is 23.3 Å². The molecule has 0 radical (unpaired) electrons. The van der Waals surface area contributed by atoms with Gasteiger partial charge in [0.15, 0.2) is 5.15 Å². The van der Waals surface area contributed by atoms with Crippen LogP contribution in [0.25, 0.3) is 22.2 Å². The summed E-state index contributed by atoms with van der Waals surface area (Å²) in [6.45, 7) is -1.11. The Morgan fingerprint density at radius 2 is 1.93 bits per heavy atom. The zero-order valence-corrected chi connectivity index (χ0v) is 17.5. The maximum atomic E-state index is 12.9. The van der Waals surface area contributed by atoms with Crippen molar-refractivity contribution in [2.24, 2.45) is 0 Å². The molecule has 0 aliphatic carbocycles. The summed E-state index contributed by atoms with van der Waals surface area (Å²) in [6, 6.07) is 6.75. The molecule has 7 nitrogen and oxygen atoms in total. The van der Waals surface area contributed by atoms with Crippen LogP contribution in [0.3, 0.4) is 0 Å². The predicted octanol–water partition coefficient (Wildman–Crippen LogP) is 5.24. The fraction of sp³-hybridized carbons (Fsp3) is 0.111. The van der Waals surface area contributed by atoms with Gasteiger partial charge in [-0.3, -0.25) is 9.71 Å². The molecule has 0 saturated heterocycles. The zero-order chi connectivity index (χ0) is 21.6. The number of rotatable bonds is 5. The summed E-state index contributed by atoms with van der Waals surface area (Å²) < 4.78 is 53.9. The number of H-pyrrole nitrogens is 1. The molecule has 0 fully saturated rings. The second kappa shape index (κ2) is 7.53. The second-order valence-corrected chi connectivity index (χ2v) is 8.81. The van der Waals surface area contributed by atoms with E-state index >= 15 is 0 Å². The monoisotopic (exact) mass is 471 g/mol. The van der Waals surface area contributed by atoms with Crippen LogP contribution < -0.4 is 4.72 Å². The number of benzene rings is 1. The quantitative estimate of drug-likeness (QED) is 0.416. The van der Waals surface area contributed by atoms with Crippen molar-refractivity contribution in [3.63, 3.8) is 0 Å². The summed E-state index contributed by atoms with van der Waals surface area (Å²) in [7, 11) is -4.18. The number of hydrogen-bond acceptors (Lipinski definition) is 4. The first-order valence-electron chi connectivity index (χ1n) is 8.45. The van der Waals surface area contributed by atoms with Crippen molar-refractivity contribution in [1.29, 1.82) is 0 Å². The Labute approximate surface area is 179 Å². The molecule has 4 rings (SSSR count). The van der Waals surface area contributed by atoms with Crippen LogP contribution in [0.2, 0.25) is 10.2 Å². The molecule has 4 aromatic rings. The Hall–Kier alpha value is -2.69. The van der Waals surface area contributed by atoms with Crippen molar-refractivity contribution < 1.29 is 17.2 Å². The summed E-state index contributed by atoms with van der Waals surface area (Å²) in [4.78, 5) is 7.18. The number of aromatic amines is 1. The lowest BCUT2D eigenvalue weighted by atomic mass is 10.1. The van der Waals surface area contributed by atoms with E-state index in [-0.39, 0.29) is 15.3 Å². The molecule has 0 atom stereocenters. The summed E-state index contributed by atoms with van der Waals surface area (Å²) in [5.41, 5.74) is 2.27. The van der Waals surface area contributed by atoms with Gasteiger partial charge in [-0.05, 0) is 30.7 Å². The third-order valence-electron chi connectivity index (χ3n) is 4.39. The number of pyridine rings is 1. The van der Waals surface area contributed by atoms with E-state index in [1.807, 2.05) is 13.0 Å². The van der Waals surface area contributed by atoms with Gasteiger partial charge in [-0.2, -0.15) is 18.6 Å². The van der Waals surface area contributed by atoms with Crippen LogP contribution in [-0.2, 0) is 10.0 Å². The van der Waals surface area contributed by atoms with E-state index < -0.39 is 21.7 Å². The molecule has 156 valence electrons. The number of fused-ring (bicyclic) bond motifs is 1. The first-order chi connectivity index (χ1) is 14.2. The maximum Gasteiger partial charge on any atom is 0.334 e. The molecule has 0 amide bonds. The van der Waals surface area contributed by atoms with Crippen molar-refractivity contribution in [2.45, 2.75) is 18.4 Å². The highest BCUT2D eigenvalue weighted by Gasteiger charge is 2.25. The summed E-state index contributed by atoms with van der Waals surface area (Å²) in [6.07, 6.45) is 3.88. The number of halogens is 4. The van der Waals surface area contributed by atoms with Crippen LogP contribution >= 0.6 is 23.2 Å². The van der Waals surface area contributed by atoms with E-state index in [1.54, 1.807) is 24.4 Å². The minimum Gasteiger partial charge on any atom is -0.359 e. The van der Waals surface area contributed by atoms with Crippen LogP contribution in [-0.4, -0.2) is 28.2 Å². The fourth-order valence-electron chi connectivity index (χ4n) is 2.99. The third kappa shape index (κ3) is 3.51. The van der Waals surface area contributed by atoms with Gasteiger partial charge in [0.25, 0.3) is 10.0 Å². The van der Waals surface area contributed by atoms with Gasteiger partial charge in [-0.25, -0.2) is 8.42 Å². The standard InChI is InChI=1S/C18H13Cl2F2N5O2S/c1-9-2-5-12(23-6-9)15-11(19)4-3-10-14(8-24-16(10)15)30(28,29)26-13-7-25-27(17(13)20)18(21)22/h2-8,18,24,26H,1H3. The number of nitrogens with zero attached hydrogens (tertiary/aromatic N) is 3. The van der Waals surface area contributed by atoms with Crippen molar-refractivity contribution in [3.05, 3.63) is 58.6 Å². The number of anilines is 1. The van der Waals surface area contributed by atoms with Crippen molar-refractivity contribution in [2.75, 3.05) is 4.72 Å². The predicted molar refractivity (Wildman–Crippen MR) is 111 cm³/mol. The van der Waals surface area contributed by atoms with E-state index in [0.717, 1.165) is 11.8 Å². The highest BCUT2D eigenvalue weighted by molar-refractivity contribution is 7.93. The average Bonchev–Trinajstić information content (AvgIpc) is 3.27. The molecule has 0 saturated carbocycles. The SMILES string of the molecule is Cc1ccc(-c2c(Cl)ccc3c(S(=O)(=O)Nc4cnn(C(F)F)c4Cl)c[nH]c23)nc1. The second-order valence-electron chi connectivity index (χ2n) is 6.40. The Kier molecular flexibility index (Phi) is 5.16. The highest BCUT2D eigenvalue weighted by Crippen LogP contribution is 2.37. The molecule has 3 aromatic heterocycles. The molecule has 1 aromatic carbocycles. The summed E-state index contributed by atoms with van der Waals surface area (Å²) in [5.74, 6) is 0. The summed E-state index contributed by atoms with van der Waals surface area (Å²) >= 11 is 12.2. The fourth-order valence-corrected chi connectivity index (χ4v) is 4.73. The smallest absolute Gasteiger partial charge is 0.334 e. The van der Waals surface area contributed by atoms with Gasteiger partial charge in [0.05, 0.1) is 22.4 Å².